The highest BCUT2D eigenvalue weighted by Crippen LogP contribution is 2.44. The van der Waals surface area contributed by atoms with Crippen LogP contribution < -0.4 is 9.47 Å². The zero-order valence-corrected chi connectivity index (χ0v) is 18.8. The monoisotopic (exact) mass is 435 g/mol. The van der Waals surface area contributed by atoms with Crippen LogP contribution in [-0.4, -0.2) is 41.5 Å². The normalized spacial score (nSPS) is 20.7. The number of ketones is 1. The number of aryl methyl sites for hydroxylation is 1. The predicted octanol–water partition coefficient (Wildman–Crippen LogP) is 4.77. The molecule has 1 atom stereocenters. The van der Waals surface area contributed by atoms with Crippen LogP contribution in [0.2, 0.25) is 0 Å². The molecule has 1 unspecified atom stereocenters. The van der Waals surface area contributed by atoms with E-state index < -0.39 is 17.7 Å². The van der Waals surface area contributed by atoms with Crippen molar-refractivity contribution >= 4 is 17.4 Å². The summed E-state index contributed by atoms with van der Waals surface area (Å²) in [5.41, 5.74) is 2.24. The van der Waals surface area contributed by atoms with Crippen LogP contribution >= 0.6 is 0 Å². The van der Waals surface area contributed by atoms with E-state index in [4.69, 9.17) is 9.47 Å². The Labute approximate surface area is 188 Å². The van der Waals surface area contributed by atoms with E-state index in [1.165, 1.54) is 0 Å². The minimum Gasteiger partial charge on any atom is -0.507 e. The first kappa shape index (κ1) is 21.9. The van der Waals surface area contributed by atoms with Crippen LogP contribution in [0.4, 0.5) is 0 Å². The number of benzene rings is 2. The summed E-state index contributed by atoms with van der Waals surface area (Å²) in [7, 11) is 1.58. The Balaban J connectivity index is 1.84. The maximum atomic E-state index is 13.2. The van der Waals surface area contributed by atoms with E-state index in [0.717, 1.165) is 42.6 Å². The van der Waals surface area contributed by atoms with Crippen molar-refractivity contribution < 1.29 is 24.2 Å². The van der Waals surface area contributed by atoms with E-state index in [9.17, 15) is 14.7 Å². The Morgan fingerprint density at radius 2 is 1.78 bits per heavy atom. The Bertz CT molecular complexity index is 1050. The van der Waals surface area contributed by atoms with Gasteiger partial charge < -0.3 is 19.5 Å². The highest BCUT2D eigenvalue weighted by Gasteiger charge is 2.49. The summed E-state index contributed by atoms with van der Waals surface area (Å²) in [5, 5.41) is 11.2. The van der Waals surface area contributed by atoms with Crippen molar-refractivity contribution in [3.63, 3.8) is 0 Å². The number of aliphatic hydroxyl groups is 1. The lowest BCUT2D eigenvalue weighted by Gasteiger charge is -2.30. The molecule has 1 saturated carbocycles. The molecule has 1 N–H and O–H groups in total. The quantitative estimate of drug-likeness (QED) is 0.402. The fraction of sp³-hybridized carbons (Fsp3) is 0.385. The van der Waals surface area contributed by atoms with E-state index in [0.29, 0.717) is 17.9 Å². The Morgan fingerprint density at radius 1 is 1.09 bits per heavy atom. The van der Waals surface area contributed by atoms with Crippen molar-refractivity contribution in [1.82, 2.24) is 4.90 Å². The number of ether oxygens (including phenoxy) is 2. The summed E-state index contributed by atoms with van der Waals surface area (Å²) >= 11 is 0. The van der Waals surface area contributed by atoms with Gasteiger partial charge in [0.05, 0.1) is 25.3 Å². The summed E-state index contributed by atoms with van der Waals surface area (Å²) < 4.78 is 10.9. The molecule has 0 radical (unpaired) electrons. The third kappa shape index (κ3) is 3.85. The maximum Gasteiger partial charge on any atom is 0.295 e. The summed E-state index contributed by atoms with van der Waals surface area (Å²) in [6.07, 6.45) is 3.78. The van der Waals surface area contributed by atoms with Crippen LogP contribution in [0.15, 0.2) is 48.0 Å². The molecule has 2 aliphatic rings. The smallest absolute Gasteiger partial charge is 0.295 e. The fourth-order valence-electron chi connectivity index (χ4n) is 4.83. The molecule has 2 aromatic rings. The van der Waals surface area contributed by atoms with Crippen LogP contribution in [0.25, 0.3) is 5.76 Å². The SMILES string of the molecule is CCOc1ccc(C2/C(=C(/O)c3ccc(OC)c(C)c3)C(=O)C(=O)N2C2CCCC2)cc1. The molecule has 6 heteroatoms. The van der Waals surface area contributed by atoms with E-state index in [1.807, 2.05) is 38.1 Å². The minimum absolute atomic E-state index is 0.00841. The minimum atomic E-state index is -0.637. The highest BCUT2D eigenvalue weighted by molar-refractivity contribution is 6.46. The van der Waals surface area contributed by atoms with E-state index in [-0.39, 0.29) is 17.4 Å². The number of hydrogen-bond acceptors (Lipinski definition) is 5. The van der Waals surface area contributed by atoms with E-state index >= 15 is 0 Å². The lowest BCUT2D eigenvalue weighted by Crippen LogP contribution is -2.37. The molecular formula is C26H29NO5. The van der Waals surface area contributed by atoms with Crippen LogP contribution in [0.3, 0.4) is 0 Å². The van der Waals surface area contributed by atoms with Gasteiger partial charge in [0, 0.05) is 11.6 Å². The number of aliphatic hydroxyl groups excluding tert-OH is 1. The van der Waals surface area contributed by atoms with Gasteiger partial charge in [-0.05, 0) is 68.1 Å². The second-order valence-electron chi connectivity index (χ2n) is 8.33. The summed E-state index contributed by atoms with van der Waals surface area (Å²) in [4.78, 5) is 28.0. The first-order valence-electron chi connectivity index (χ1n) is 11.1. The Kier molecular flexibility index (Phi) is 6.21. The van der Waals surface area contributed by atoms with Crippen molar-refractivity contribution in [3.05, 3.63) is 64.7 Å². The molecule has 2 fully saturated rings. The first-order chi connectivity index (χ1) is 15.5. The number of likely N-dealkylation sites (tertiary alicyclic amines) is 1. The number of hydrogen-bond donors (Lipinski definition) is 1. The van der Waals surface area contributed by atoms with Gasteiger partial charge in [-0.1, -0.05) is 25.0 Å². The number of amides is 1. The average Bonchev–Trinajstić information content (AvgIpc) is 3.41. The summed E-state index contributed by atoms with van der Waals surface area (Å²) in [6, 6.07) is 12.0. The molecule has 32 heavy (non-hydrogen) atoms. The van der Waals surface area contributed by atoms with Gasteiger partial charge >= 0.3 is 0 Å². The zero-order chi connectivity index (χ0) is 22.8. The molecule has 1 aliphatic carbocycles. The average molecular weight is 436 g/mol. The number of nitrogens with zero attached hydrogens (tertiary/aromatic N) is 1. The van der Waals surface area contributed by atoms with E-state index in [1.54, 1.807) is 30.2 Å². The molecular weight excluding hydrogens is 406 g/mol. The first-order valence-corrected chi connectivity index (χ1v) is 11.1. The zero-order valence-electron chi connectivity index (χ0n) is 18.8. The largest absolute Gasteiger partial charge is 0.507 e. The molecule has 0 aromatic heterocycles. The number of carbonyl (C=O) groups excluding carboxylic acids is 2. The number of Topliss-reactive ketones (excluding diaryl/α,β-unsaturated/α-hetero) is 1. The molecule has 4 rings (SSSR count). The van der Waals surface area contributed by atoms with Crippen LogP contribution in [0.5, 0.6) is 11.5 Å². The molecule has 0 bridgehead atoms. The molecule has 2 aromatic carbocycles. The summed E-state index contributed by atoms with van der Waals surface area (Å²) in [5.74, 6) is 0.0775. The molecule has 6 nitrogen and oxygen atoms in total. The maximum absolute atomic E-state index is 13.2. The van der Waals surface area contributed by atoms with Crippen LogP contribution in [-0.2, 0) is 9.59 Å². The van der Waals surface area contributed by atoms with Crippen molar-refractivity contribution in [2.45, 2.75) is 51.6 Å². The molecule has 168 valence electrons. The van der Waals surface area contributed by atoms with Crippen molar-refractivity contribution in [2.75, 3.05) is 13.7 Å². The second-order valence-corrected chi connectivity index (χ2v) is 8.33. The van der Waals surface area contributed by atoms with Gasteiger partial charge in [-0.25, -0.2) is 0 Å². The van der Waals surface area contributed by atoms with Crippen LogP contribution in [0.1, 0.15) is 55.3 Å². The highest BCUT2D eigenvalue weighted by atomic mass is 16.5. The van der Waals surface area contributed by atoms with Gasteiger partial charge in [-0.3, -0.25) is 9.59 Å². The lowest BCUT2D eigenvalue weighted by atomic mass is 9.94. The summed E-state index contributed by atoms with van der Waals surface area (Å²) in [6.45, 7) is 4.34. The fourth-order valence-corrected chi connectivity index (χ4v) is 4.83. The molecule has 0 spiro atoms. The molecule has 1 aliphatic heterocycles. The van der Waals surface area contributed by atoms with Gasteiger partial charge in [0.1, 0.15) is 17.3 Å². The van der Waals surface area contributed by atoms with Crippen molar-refractivity contribution in [1.29, 1.82) is 0 Å². The van der Waals surface area contributed by atoms with Crippen LogP contribution in [0, 0.1) is 6.92 Å². The van der Waals surface area contributed by atoms with Gasteiger partial charge in [-0.15, -0.1) is 0 Å². The molecule has 1 saturated heterocycles. The number of carbonyl (C=O) groups is 2. The topological polar surface area (TPSA) is 76.1 Å². The molecule has 1 amide bonds. The second kappa shape index (κ2) is 9.07. The Morgan fingerprint density at radius 3 is 2.38 bits per heavy atom. The number of rotatable bonds is 6. The number of methoxy groups -OCH3 is 1. The lowest BCUT2D eigenvalue weighted by molar-refractivity contribution is -0.141. The standard InChI is InChI=1S/C26H29NO5/c1-4-32-20-12-9-17(10-13-20)23-22(24(28)18-11-14-21(31-3)16(2)15-18)25(29)26(30)27(23)19-7-5-6-8-19/h9-15,19,23,28H,4-8H2,1-3H3/b24-22-. The van der Waals surface area contributed by atoms with Crippen molar-refractivity contribution in [3.8, 4) is 11.5 Å². The van der Waals surface area contributed by atoms with Gasteiger partial charge in [0.25, 0.3) is 11.7 Å². The molecule has 1 heterocycles. The predicted molar refractivity (Wildman–Crippen MR) is 122 cm³/mol. The van der Waals surface area contributed by atoms with Gasteiger partial charge in [0.2, 0.25) is 0 Å². The van der Waals surface area contributed by atoms with E-state index in [2.05, 4.69) is 0 Å². The van der Waals surface area contributed by atoms with Gasteiger partial charge in [0.15, 0.2) is 0 Å². The van der Waals surface area contributed by atoms with Crippen molar-refractivity contribution in [2.24, 2.45) is 0 Å². The third-order valence-corrected chi connectivity index (χ3v) is 6.37. The third-order valence-electron chi connectivity index (χ3n) is 6.37. The van der Waals surface area contributed by atoms with Gasteiger partial charge in [-0.2, -0.15) is 0 Å². The Hall–Kier alpha value is -3.28.